The van der Waals surface area contributed by atoms with Crippen molar-refractivity contribution < 1.29 is 9.59 Å². The van der Waals surface area contributed by atoms with Crippen molar-refractivity contribution in [1.29, 1.82) is 0 Å². The molecule has 0 aliphatic rings. The van der Waals surface area contributed by atoms with E-state index in [1.54, 1.807) is 23.5 Å². The molecule has 0 amide bonds. The third-order valence-corrected chi connectivity index (χ3v) is 4.13. The van der Waals surface area contributed by atoms with Gasteiger partial charge in [-0.15, -0.1) is 11.3 Å². The average Bonchev–Trinajstić information content (AvgIpc) is 2.76. The molecule has 1 aromatic heterocycles. The van der Waals surface area contributed by atoms with Gasteiger partial charge in [-0.2, -0.15) is 0 Å². The average molecular weight is 275 g/mol. The lowest BCUT2D eigenvalue weighted by atomic mass is 10.0. The lowest BCUT2D eigenvalue weighted by Gasteiger charge is -1.99. The second-order valence-corrected chi connectivity index (χ2v) is 5.31. The molecule has 18 heavy (non-hydrogen) atoms. The van der Waals surface area contributed by atoms with Crippen molar-refractivity contribution >= 4 is 54.1 Å². The molecule has 0 bridgehead atoms. The Labute approximate surface area is 112 Å². The normalized spacial score (nSPS) is 10.9. The SMILES string of the molecule is O=C(Cl)C(=O)c1cccc2sc3ccccc3c12. The van der Waals surface area contributed by atoms with Gasteiger partial charge >= 0.3 is 0 Å². The van der Waals surface area contributed by atoms with Gasteiger partial charge in [0.2, 0.25) is 5.78 Å². The fourth-order valence-electron chi connectivity index (χ4n) is 2.07. The van der Waals surface area contributed by atoms with Crippen LogP contribution in [0.4, 0.5) is 0 Å². The Morgan fingerprint density at radius 1 is 0.944 bits per heavy atom. The molecule has 0 aliphatic carbocycles. The van der Waals surface area contributed by atoms with E-state index in [0.29, 0.717) is 5.56 Å². The maximum absolute atomic E-state index is 11.8. The molecule has 0 saturated heterocycles. The molecule has 0 saturated carbocycles. The van der Waals surface area contributed by atoms with Crippen LogP contribution in [0.15, 0.2) is 42.5 Å². The summed E-state index contributed by atoms with van der Waals surface area (Å²) in [6.45, 7) is 0. The first-order valence-electron chi connectivity index (χ1n) is 5.33. The van der Waals surface area contributed by atoms with Crippen LogP contribution in [0.1, 0.15) is 10.4 Å². The Balaban J connectivity index is 2.45. The summed E-state index contributed by atoms with van der Waals surface area (Å²) in [5, 5.41) is 0.856. The zero-order valence-corrected chi connectivity index (χ0v) is 10.7. The van der Waals surface area contributed by atoms with Crippen LogP contribution >= 0.6 is 22.9 Å². The highest BCUT2D eigenvalue weighted by Crippen LogP contribution is 2.35. The molecule has 3 aromatic rings. The van der Waals surface area contributed by atoms with Crippen molar-refractivity contribution in [1.82, 2.24) is 0 Å². The van der Waals surface area contributed by atoms with Crippen LogP contribution in [0.2, 0.25) is 0 Å². The summed E-state index contributed by atoms with van der Waals surface area (Å²) in [5.41, 5.74) is 0.380. The van der Waals surface area contributed by atoms with Crippen LogP contribution < -0.4 is 0 Å². The molecular weight excluding hydrogens is 268 g/mol. The number of carbonyl (C=O) groups is 2. The minimum atomic E-state index is -0.946. The number of carbonyl (C=O) groups excluding carboxylic acids is 2. The molecule has 3 rings (SSSR count). The molecule has 88 valence electrons. The van der Waals surface area contributed by atoms with Gasteiger partial charge in [-0.3, -0.25) is 9.59 Å². The second-order valence-electron chi connectivity index (χ2n) is 3.88. The minimum absolute atomic E-state index is 0.380. The van der Waals surface area contributed by atoms with Crippen LogP contribution in [-0.4, -0.2) is 11.0 Å². The maximum Gasteiger partial charge on any atom is 0.293 e. The number of thiophene rings is 1. The third-order valence-electron chi connectivity index (χ3n) is 2.83. The second kappa shape index (κ2) is 4.19. The molecule has 0 aliphatic heterocycles. The smallest absolute Gasteiger partial charge is 0.284 e. The molecule has 0 radical (unpaired) electrons. The fourth-order valence-corrected chi connectivity index (χ4v) is 3.30. The van der Waals surface area contributed by atoms with E-state index in [2.05, 4.69) is 0 Å². The summed E-state index contributed by atoms with van der Waals surface area (Å²) in [5.74, 6) is -0.647. The molecule has 4 heteroatoms. The highest BCUT2D eigenvalue weighted by atomic mass is 35.5. The van der Waals surface area contributed by atoms with Gasteiger partial charge in [-0.1, -0.05) is 30.3 Å². The van der Waals surface area contributed by atoms with Gasteiger partial charge in [-0.05, 0) is 23.7 Å². The topological polar surface area (TPSA) is 34.1 Å². The number of Topliss-reactive ketones (excluding diaryl/α,β-unsaturated/α-hetero) is 1. The van der Waals surface area contributed by atoms with E-state index in [9.17, 15) is 9.59 Å². The first-order chi connectivity index (χ1) is 8.68. The summed E-state index contributed by atoms with van der Waals surface area (Å²) in [6, 6.07) is 13.2. The first-order valence-corrected chi connectivity index (χ1v) is 6.52. The van der Waals surface area contributed by atoms with Gasteiger partial charge in [0, 0.05) is 25.7 Å². The van der Waals surface area contributed by atoms with Gasteiger partial charge in [0.25, 0.3) is 5.24 Å². The summed E-state index contributed by atoms with van der Waals surface area (Å²) >= 11 is 6.89. The Morgan fingerprint density at radius 2 is 1.67 bits per heavy atom. The predicted molar refractivity (Wildman–Crippen MR) is 74.5 cm³/mol. The molecule has 0 unspecified atom stereocenters. The maximum atomic E-state index is 11.8. The van der Waals surface area contributed by atoms with Crippen molar-refractivity contribution in [2.24, 2.45) is 0 Å². The Morgan fingerprint density at radius 3 is 2.44 bits per heavy atom. The quantitative estimate of drug-likeness (QED) is 0.402. The van der Waals surface area contributed by atoms with Crippen LogP contribution in [-0.2, 0) is 4.79 Å². The predicted octanol–water partition coefficient (Wildman–Crippen LogP) is 4.00. The summed E-state index contributed by atoms with van der Waals surface area (Å²) in [6.07, 6.45) is 0. The lowest BCUT2D eigenvalue weighted by molar-refractivity contribution is -0.108. The van der Waals surface area contributed by atoms with Crippen molar-refractivity contribution in [3.63, 3.8) is 0 Å². The van der Waals surface area contributed by atoms with Crippen molar-refractivity contribution in [2.45, 2.75) is 0 Å². The van der Waals surface area contributed by atoms with Crippen LogP contribution in [0.5, 0.6) is 0 Å². The van der Waals surface area contributed by atoms with Gasteiger partial charge in [0.05, 0.1) is 0 Å². The fraction of sp³-hybridized carbons (Fsp3) is 0. The highest BCUT2D eigenvalue weighted by Gasteiger charge is 2.18. The molecule has 1 heterocycles. The number of benzene rings is 2. The van der Waals surface area contributed by atoms with Gasteiger partial charge < -0.3 is 0 Å². The van der Waals surface area contributed by atoms with E-state index in [1.165, 1.54) is 0 Å². The van der Waals surface area contributed by atoms with E-state index in [0.717, 1.165) is 20.2 Å². The molecule has 0 spiro atoms. The molecule has 0 fully saturated rings. The van der Waals surface area contributed by atoms with E-state index < -0.39 is 11.0 Å². The summed E-state index contributed by atoms with van der Waals surface area (Å²) in [7, 11) is 0. The number of ketones is 1. The van der Waals surface area contributed by atoms with Gasteiger partial charge in [0.15, 0.2) is 0 Å². The number of hydrogen-bond acceptors (Lipinski definition) is 3. The molecule has 2 aromatic carbocycles. The molecule has 0 atom stereocenters. The van der Waals surface area contributed by atoms with E-state index in [1.807, 2.05) is 30.3 Å². The Bertz CT molecular complexity index is 789. The summed E-state index contributed by atoms with van der Waals surface area (Å²) in [4.78, 5) is 22.9. The van der Waals surface area contributed by atoms with E-state index in [-0.39, 0.29) is 0 Å². The molecule has 2 nitrogen and oxygen atoms in total. The minimum Gasteiger partial charge on any atom is -0.284 e. The standard InChI is InChI=1S/C14H7ClO2S/c15-14(17)13(16)9-5-3-7-11-12(9)8-4-1-2-6-10(8)18-11/h1-7H. The largest absolute Gasteiger partial charge is 0.293 e. The zero-order chi connectivity index (χ0) is 12.7. The number of hydrogen-bond donors (Lipinski definition) is 0. The lowest BCUT2D eigenvalue weighted by Crippen LogP contribution is -2.07. The number of halogens is 1. The van der Waals surface area contributed by atoms with Crippen molar-refractivity contribution in [3.8, 4) is 0 Å². The monoisotopic (exact) mass is 274 g/mol. The van der Waals surface area contributed by atoms with Crippen LogP contribution in [0, 0.1) is 0 Å². The summed E-state index contributed by atoms with van der Waals surface area (Å²) < 4.78 is 2.08. The van der Waals surface area contributed by atoms with Crippen LogP contribution in [0.25, 0.3) is 20.2 Å². The Kier molecular flexibility index (Phi) is 2.65. The van der Waals surface area contributed by atoms with Crippen LogP contribution in [0.3, 0.4) is 0 Å². The van der Waals surface area contributed by atoms with E-state index in [4.69, 9.17) is 11.6 Å². The zero-order valence-electron chi connectivity index (χ0n) is 9.14. The first kappa shape index (κ1) is 11.4. The molecule has 0 N–H and O–H groups in total. The third kappa shape index (κ3) is 1.64. The molecular formula is C14H7ClO2S. The van der Waals surface area contributed by atoms with Crippen molar-refractivity contribution in [2.75, 3.05) is 0 Å². The number of fused-ring (bicyclic) bond motifs is 3. The van der Waals surface area contributed by atoms with Gasteiger partial charge in [0.1, 0.15) is 0 Å². The van der Waals surface area contributed by atoms with E-state index >= 15 is 0 Å². The number of rotatable bonds is 2. The van der Waals surface area contributed by atoms with Gasteiger partial charge in [-0.25, -0.2) is 0 Å². The highest BCUT2D eigenvalue weighted by molar-refractivity contribution is 7.25. The Hall–Kier alpha value is -1.71. The van der Waals surface area contributed by atoms with Crippen molar-refractivity contribution in [3.05, 3.63) is 48.0 Å².